The molecule has 7 nitrogen and oxygen atoms in total. The summed E-state index contributed by atoms with van der Waals surface area (Å²) in [7, 11) is -2.92. The molecule has 1 aliphatic heterocycles. The molecule has 0 amide bonds. The van der Waals surface area contributed by atoms with E-state index in [9.17, 15) is 13.2 Å². The number of carbonyl (C=O) groups is 1. The fraction of sp³-hybridized carbons (Fsp3) is 0.450. The van der Waals surface area contributed by atoms with Crippen LogP contribution in [0.15, 0.2) is 33.2 Å². The van der Waals surface area contributed by atoms with Crippen molar-refractivity contribution in [1.29, 1.82) is 0 Å². The molecule has 0 aliphatic carbocycles. The van der Waals surface area contributed by atoms with Gasteiger partial charge in [-0.15, -0.1) is 21.5 Å². The molecule has 0 spiro atoms. The van der Waals surface area contributed by atoms with Crippen molar-refractivity contribution in [3.8, 4) is 0 Å². The Kier molecular flexibility index (Phi) is 6.17. The second kappa shape index (κ2) is 8.68. The Morgan fingerprint density at radius 2 is 2.20 bits per heavy atom. The topological polar surface area (TPSA) is 95.1 Å². The molecule has 0 bridgehead atoms. The van der Waals surface area contributed by atoms with Gasteiger partial charge in [0.1, 0.15) is 0 Å². The van der Waals surface area contributed by atoms with E-state index in [1.54, 1.807) is 11.3 Å². The van der Waals surface area contributed by atoms with Crippen LogP contribution in [0.3, 0.4) is 0 Å². The average molecular weight is 466 g/mol. The summed E-state index contributed by atoms with van der Waals surface area (Å²) >= 11 is 2.92. The molecular formula is C20H23N3O4S3. The number of hydrogen-bond donors (Lipinski definition) is 0. The molecule has 3 aromatic rings. The predicted octanol–water partition coefficient (Wildman–Crippen LogP) is 3.55. The number of thioether (sulfide) groups is 1. The number of sulfone groups is 1. The first-order chi connectivity index (χ1) is 14.3. The van der Waals surface area contributed by atoms with E-state index in [0.29, 0.717) is 29.5 Å². The summed E-state index contributed by atoms with van der Waals surface area (Å²) in [6.45, 7) is 4.75. The molecule has 0 N–H and O–H groups in total. The molecule has 30 heavy (non-hydrogen) atoms. The van der Waals surface area contributed by atoms with Gasteiger partial charge in [-0.3, -0.25) is 4.79 Å². The second-order valence-electron chi connectivity index (χ2n) is 7.60. The number of thiophene rings is 1. The van der Waals surface area contributed by atoms with Gasteiger partial charge in [-0.1, -0.05) is 17.8 Å². The lowest BCUT2D eigenvalue weighted by atomic mass is 10.1. The van der Waals surface area contributed by atoms with Crippen LogP contribution in [0.5, 0.6) is 0 Å². The van der Waals surface area contributed by atoms with Gasteiger partial charge >= 0.3 is 0 Å². The average Bonchev–Trinajstić information content (AvgIpc) is 3.47. The maximum Gasteiger partial charge on any atom is 0.277 e. The Balaban J connectivity index is 1.36. The van der Waals surface area contributed by atoms with Gasteiger partial charge in [0.05, 0.1) is 23.8 Å². The SMILES string of the molecule is Cc1cc(C(=O)CSc2nnc(C[C@@H]3CCS(=O)(=O)C3)o2)c(C)n1Cc1cccs1. The summed E-state index contributed by atoms with van der Waals surface area (Å²) in [5.74, 6) is 1.10. The molecule has 0 radical (unpaired) electrons. The van der Waals surface area contributed by atoms with E-state index in [1.165, 1.54) is 16.6 Å². The Morgan fingerprint density at radius 3 is 2.90 bits per heavy atom. The van der Waals surface area contributed by atoms with Gasteiger partial charge in [0.25, 0.3) is 5.22 Å². The zero-order chi connectivity index (χ0) is 21.3. The fourth-order valence-corrected chi connectivity index (χ4v) is 6.97. The Hall–Kier alpha value is -1.91. The molecule has 10 heteroatoms. The largest absolute Gasteiger partial charge is 0.416 e. The van der Waals surface area contributed by atoms with Crippen LogP contribution in [-0.2, 0) is 22.8 Å². The number of hydrogen-bond acceptors (Lipinski definition) is 8. The normalized spacial score (nSPS) is 18.1. The van der Waals surface area contributed by atoms with E-state index in [2.05, 4.69) is 26.2 Å². The minimum atomic E-state index is -2.92. The molecule has 160 valence electrons. The summed E-state index contributed by atoms with van der Waals surface area (Å²) in [5.41, 5.74) is 2.73. The van der Waals surface area contributed by atoms with Crippen molar-refractivity contribution in [2.24, 2.45) is 5.92 Å². The standard InChI is InChI=1S/C20H23N3O4S3/c1-13-8-17(14(2)23(13)10-16-4-3-6-28-16)18(24)11-29-20-22-21-19(27-20)9-15-5-7-30(25,26)12-15/h3-4,6,8,15H,5,7,9-12H2,1-2H3/t15-/m0/s1. The van der Waals surface area contributed by atoms with Crippen molar-refractivity contribution >= 4 is 38.7 Å². The number of rotatable bonds is 8. The molecule has 4 heterocycles. The molecule has 0 aromatic carbocycles. The smallest absolute Gasteiger partial charge is 0.277 e. The number of aryl methyl sites for hydroxylation is 1. The molecule has 3 aromatic heterocycles. The molecule has 0 unspecified atom stereocenters. The first-order valence-electron chi connectivity index (χ1n) is 9.68. The third kappa shape index (κ3) is 4.87. The van der Waals surface area contributed by atoms with Gasteiger partial charge in [-0.05, 0) is 43.7 Å². The number of aromatic nitrogens is 3. The van der Waals surface area contributed by atoms with E-state index in [4.69, 9.17) is 4.42 Å². The number of nitrogens with zero attached hydrogens (tertiary/aromatic N) is 3. The summed E-state index contributed by atoms with van der Waals surface area (Å²) in [4.78, 5) is 14.0. The van der Waals surface area contributed by atoms with E-state index in [0.717, 1.165) is 17.9 Å². The first kappa shape index (κ1) is 21.3. The van der Waals surface area contributed by atoms with Crippen LogP contribution in [0.25, 0.3) is 0 Å². The highest BCUT2D eigenvalue weighted by atomic mass is 32.2. The van der Waals surface area contributed by atoms with Crippen LogP contribution < -0.4 is 0 Å². The minimum Gasteiger partial charge on any atom is -0.416 e. The lowest BCUT2D eigenvalue weighted by molar-refractivity contribution is 0.102. The molecule has 1 aliphatic rings. The summed E-state index contributed by atoms with van der Waals surface area (Å²) in [5, 5.41) is 10.4. The van der Waals surface area contributed by atoms with Crippen molar-refractivity contribution in [1.82, 2.24) is 14.8 Å². The van der Waals surface area contributed by atoms with Crippen LogP contribution >= 0.6 is 23.1 Å². The Morgan fingerprint density at radius 1 is 1.37 bits per heavy atom. The second-order valence-corrected chi connectivity index (χ2v) is 11.8. The highest BCUT2D eigenvalue weighted by Crippen LogP contribution is 2.25. The van der Waals surface area contributed by atoms with Crippen LogP contribution in [0.2, 0.25) is 0 Å². The lowest BCUT2D eigenvalue weighted by Gasteiger charge is -2.08. The van der Waals surface area contributed by atoms with E-state index < -0.39 is 9.84 Å². The van der Waals surface area contributed by atoms with Gasteiger partial charge in [0.15, 0.2) is 15.6 Å². The zero-order valence-corrected chi connectivity index (χ0v) is 19.3. The molecule has 1 fully saturated rings. The third-order valence-electron chi connectivity index (χ3n) is 5.33. The van der Waals surface area contributed by atoms with Gasteiger partial charge in [-0.2, -0.15) is 0 Å². The molecular weight excluding hydrogens is 442 g/mol. The number of ketones is 1. The van der Waals surface area contributed by atoms with Crippen LogP contribution in [0.1, 0.15) is 38.9 Å². The van der Waals surface area contributed by atoms with Crippen molar-refractivity contribution in [3.05, 3.63) is 51.3 Å². The van der Waals surface area contributed by atoms with E-state index >= 15 is 0 Å². The Bertz CT molecular complexity index is 1150. The summed E-state index contributed by atoms with van der Waals surface area (Å²) in [6.07, 6.45) is 1.09. The van der Waals surface area contributed by atoms with Crippen molar-refractivity contribution < 1.29 is 17.6 Å². The van der Waals surface area contributed by atoms with Crippen LogP contribution in [0.4, 0.5) is 0 Å². The Labute approximate surface area is 183 Å². The van der Waals surface area contributed by atoms with Gasteiger partial charge in [0.2, 0.25) is 5.89 Å². The highest BCUT2D eigenvalue weighted by Gasteiger charge is 2.29. The van der Waals surface area contributed by atoms with Crippen molar-refractivity contribution in [3.63, 3.8) is 0 Å². The van der Waals surface area contributed by atoms with Gasteiger partial charge in [0, 0.05) is 28.2 Å². The summed E-state index contributed by atoms with van der Waals surface area (Å²) < 4.78 is 30.9. The van der Waals surface area contributed by atoms with Crippen molar-refractivity contribution in [2.45, 2.75) is 38.5 Å². The molecule has 1 atom stereocenters. The van der Waals surface area contributed by atoms with Crippen molar-refractivity contribution in [2.75, 3.05) is 17.3 Å². The predicted molar refractivity (Wildman–Crippen MR) is 117 cm³/mol. The van der Waals surface area contributed by atoms with Gasteiger partial charge < -0.3 is 8.98 Å². The van der Waals surface area contributed by atoms with E-state index in [1.807, 2.05) is 26.0 Å². The number of Topliss-reactive ketones (excluding diaryl/α,β-unsaturated/α-hetero) is 1. The maximum absolute atomic E-state index is 12.8. The molecule has 0 saturated carbocycles. The maximum atomic E-state index is 12.8. The zero-order valence-electron chi connectivity index (χ0n) is 16.8. The molecule has 4 rings (SSSR count). The third-order valence-corrected chi connectivity index (χ3v) is 8.85. The first-order valence-corrected chi connectivity index (χ1v) is 13.4. The minimum absolute atomic E-state index is 0.0205. The van der Waals surface area contributed by atoms with Gasteiger partial charge in [-0.25, -0.2) is 8.42 Å². The lowest BCUT2D eigenvalue weighted by Crippen LogP contribution is -2.07. The van der Waals surface area contributed by atoms with Crippen LogP contribution in [-0.4, -0.2) is 46.2 Å². The molecule has 1 saturated heterocycles. The van der Waals surface area contributed by atoms with Crippen LogP contribution in [0, 0.1) is 19.8 Å². The fourth-order valence-electron chi connectivity index (χ4n) is 3.75. The highest BCUT2D eigenvalue weighted by molar-refractivity contribution is 7.99. The quantitative estimate of drug-likeness (QED) is 0.371. The van der Waals surface area contributed by atoms with E-state index in [-0.39, 0.29) is 29.0 Å². The summed E-state index contributed by atoms with van der Waals surface area (Å²) in [6, 6.07) is 6.06. The number of carbonyl (C=O) groups excluding carboxylic acids is 1. The monoisotopic (exact) mass is 465 g/mol.